The first-order valence-corrected chi connectivity index (χ1v) is 5.02. The molecule has 0 heterocycles. The molecule has 1 aliphatic carbocycles. The highest BCUT2D eigenvalue weighted by molar-refractivity contribution is 5.37. The van der Waals surface area contributed by atoms with Gasteiger partial charge in [0.2, 0.25) is 0 Å². The molecule has 0 bridgehead atoms. The summed E-state index contributed by atoms with van der Waals surface area (Å²) < 4.78 is 41.6. The molecule has 2 nitrogen and oxygen atoms in total. The van der Waals surface area contributed by atoms with E-state index in [-0.39, 0.29) is 11.2 Å². The topological polar surface area (TPSA) is 35.2 Å². The van der Waals surface area contributed by atoms with Crippen LogP contribution in [0.4, 0.5) is 13.2 Å². The van der Waals surface area contributed by atoms with Crippen molar-refractivity contribution in [2.45, 2.75) is 24.9 Å². The predicted octanol–water partition coefficient (Wildman–Crippen LogP) is 2.42. The van der Waals surface area contributed by atoms with Crippen molar-refractivity contribution in [3.8, 4) is 5.75 Å². The standard InChI is InChI=1S/C11H12F3NO/c12-9-5-7(16-10(13)14)1-2-8(9)11(6-15)3-4-11/h1-2,5,10H,3-4,6,15H2. The number of benzene rings is 1. The molecule has 16 heavy (non-hydrogen) atoms. The lowest BCUT2D eigenvalue weighted by Gasteiger charge is -2.14. The first-order valence-electron chi connectivity index (χ1n) is 5.02. The second kappa shape index (κ2) is 3.97. The maximum Gasteiger partial charge on any atom is 0.387 e. The molecular weight excluding hydrogens is 219 g/mol. The molecule has 1 saturated carbocycles. The summed E-state index contributed by atoms with van der Waals surface area (Å²) in [6.45, 7) is -2.56. The zero-order valence-corrected chi connectivity index (χ0v) is 8.55. The fourth-order valence-corrected chi connectivity index (χ4v) is 1.84. The lowest BCUT2D eigenvalue weighted by Crippen LogP contribution is -2.21. The van der Waals surface area contributed by atoms with Crippen molar-refractivity contribution in [3.05, 3.63) is 29.6 Å². The van der Waals surface area contributed by atoms with Crippen LogP contribution in [0.1, 0.15) is 18.4 Å². The third-order valence-electron chi connectivity index (χ3n) is 2.98. The highest BCUT2D eigenvalue weighted by Crippen LogP contribution is 2.48. The van der Waals surface area contributed by atoms with E-state index in [4.69, 9.17) is 5.73 Å². The van der Waals surface area contributed by atoms with Gasteiger partial charge in [-0.05, 0) is 24.5 Å². The number of hydrogen-bond donors (Lipinski definition) is 1. The van der Waals surface area contributed by atoms with Crippen molar-refractivity contribution in [2.75, 3.05) is 6.54 Å². The van der Waals surface area contributed by atoms with E-state index in [1.165, 1.54) is 12.1 Å². The van der Waals surface area contributed by atoms with Crippen molar-refractivity contribution in [2.24, 2.45) is 5.73 Å². The van der Waals surface area contributed by atoms with Crippen LogP contribution in [-0.2, 0) is 5.41 Å². The van der Waals surface area contributed by atoms with Crippen LogP contribution in [0.5, 0.6) is 5.75 Å². The smallest absolute Gasteiger partial charge is 0.387 e. The van der Waals surface area contributed by atoms with Crippen LogP contribution in [-0.4, -0.2) is 13.2 Å². The Balaban J connectivity index is 2.23. The molecule has 1 aromatic rings. The average molecular weight is 231 g/mol. The summed E-state index contributed by atoms with van der Waals surface area (Å²) in [7, 11) is 0. The third kappa shape index (κ3) is 2.00. The Kier molecular flexibility index (Phi) is 2.80. The summed E-state index contributed by atoms with van der Waals surface area (Å²) in [5.41, 5.74) is 5.78. The molecule has 1 fully saturated rings. The van der Waals surface area contributed by atoms with Crippen molar-refractivity contribution in [1.29, 1.82) is 0 Å². The third-order valence-corrected chi connectivity index (χ3v) is 2.98. The highest BCUT2D eigenvalue weighted by Gasteiger charge is 2.44. The van der Waals surface area contributed by atoms with Crippen LogP contribution in [0.15, 0.2) is 18.2 Å². The number of rotatable bonds is 4. The number of hydrogen-bond acceptors (Lipinski definition) is 2. The Morgan fingerprint density at radius 2 is 2.06 bits per heavy atom. The second-order valence-corrected chi connectivity index (χ2v) is 4.00. The summed E-state index contributed by atoms with van der Waals surface area (Å²) in [6.07, 6.45) is 1.69. The second-order valence-electron chi connectivity index (χ2n) is 4.00. The Labute approximate surface area is 91.2 Å². The van der Waals surface area contributed by atoms with Gasteiger partial charge in [-0.25, -0.2) is 4.39 Å². The van der Waals surface area contributed by atoms with Gasteiger partial charge >= 0.3 is 6.61 Å². The zero-order chi connectivity index (χ0) is 11.8. The van der Waals surface area contributed by atoms with Gasteiger partial charge in [0.15, 0.2) is 0 Å². The molecular formula is C11H12F3NO. The van der Waals surface area contributed by atoms with E-state index in [9.17, 15) is 13.2 Å². The predicted molar refractivity (Wildman–Crippen MR) is 53.0 cm³/mol. The Morgan fingerprint density at radius 3 is 2.50 bits per heavy atom. The Hall–Kier alpha value is -1.23. The van der Waals surface area contributed by atoms with Gasteiger partial charge in [0.1, 0.15) is 11.6 Å². The van der Waals surface area contributed by atoms with Crippen LogP contribution >= 0.6 is 0 Å². The van der Waals surface area contributed by atoms with Gasteiger partial charge in [0, 0.05) is 18.0 Å². The van der Waals surface area contributed by atoms with Crippen LogP contribution < -0.4 is 10.5 Å². The van der Waals surface area contributed by atoms with Gasteiger partial charge in [-0.3, -0.25) is 0 Å². The maximum absolute atomic E-state index is 13.6. The van der Waals surface area contributed by atoms with E-state index in [1.807, 2.05) is 0 Å². The van der Waals surface area contributed by atoms with Crippen LogP contribution in [0.2, 0.25) is 0 Å². The quantitative estimate of drug-likeness (QED) is 0.863. The molecule has 1 aromatic carbocycles. The normalized spacial score (nSPS) is 17.6. The molecule has 0 atom stereocenters. The number of alkyl halides is 2. The highest BCUT2D eigenvalue weighted by atomic mass is 19.3. The zero-order valence-electron chi connectivity index (χ0n) is 8.55. The van der Waals surface area contributed by atoms with Crippen LogP contribution in [0.3, 0.4) is 0 Å². The minimum Gasteiger partial charge on any atom is -0.435 e. The van der Waals surface area contributed by atoms with E-state index >= 15 is 0 Å². The van der Waals surface area contributed by atoms with Gasteiger partial charge in [-0.1, -0.05) is 6.07 Å². The number of nitrogens with two attached hydrogens (primary N) is 1. The number of ether oxygens (including phenoxy) is 1. The Bertz CT molecular complexity index is 391. The van der Waals surface area contributed by atoms with Gasteiger partial charge in [0.25, 0.3) is 0 Å². The summed E-state index contributed by atoms with van der Waals surface area (Å²) >= 11 is 0. The summed E-state index contributed by atoms with van der Waals surface area (Å²) in [5, 5.41) is 0. The van der Waals surface area contributed by atoms with Gasteiger partial charge in [-0.15, -0.1) is 0 Å². The first-order chi connectivity index (χ1) is 7.57. The van der Waals surface area contributed by atoms with Crippen molar-refractivity contribution in [3.63, 3.8) is 0 Å². The van der Waals surface area contributed by atoms with Crippen LogP contribution in [0, 0.1) is 5.82 Å². The lowest BCUT2D eigenvalue weighted by atomic mass is 9.95. The van der Waals surface area contributed by atoms with Crippen LogP contribution in [0.25, 0.3) is 0 Å². The molecule has 0 saturated heterocycles. The van der Waals surface area contributed by atoms with Gasteiger partial charge in [-0.2, -0.15) is 8.78 Å². The largest absolute Gasteiger partial charge is 0.435 e. The summed E-state index contributed by atoms with van der Waals surface area (Å²) in [6, 6.07) is 3.81. The molecule has 2 N–H and O–H groups in total. The molecule has 0 amide bonds. The molecule has 1 aliphatic rings. The molecule has 0 unspecified atom stereocenters. The van der Waals surface area contributed by atoms with E-state index in [0.717, 1.165) is 18.9 Å². The van der Waals surface area contributed by atoms with E-state index < -0.39 is 12.4 Å². The summed E-state index contributed by atoms with van der Waals surface area (Å²) in [5.74, 6) is -0.690. The maximum atomic E-state index is 13.6. The first kappa shape index (κ1) is 11.3. The van der Waals surface area contributed by atoms with Crippen molar-refractivity contribution >= 4 is 0 Å². The molecule has 5 heteroatoms. The molecule has 0 aliphatic heterocycles. The monoisotopic (exact) mass is 231 g/mol. The minimum atomic E-state index is -2.94. The average Bonchev–Trinajstić information content (AvgIpc) is 2.97. The fourth-order valence-electron chi connectivity index (χ4n) is 1.84. The van der Waals surface area contributed by atoms with E-state index in [0.29, 0.717) is 12.1 Å². The molecule has 0 radical (unpaired) electrons. The summed E-state index contributed by atoms with van der Waals surface area (Å²) in [4.78, 5) is 0. The molecule has 88 valence electrons. The molecule has 2 rings (SSSR count). The lowest BCUT2D eigenvalue weighted by molar-refractivity contribution is -0.0500. The van der Waals surface area contributed by atoms with Crippen molar-refractivity contribution < 1.29 is 17.9 Å². The van der Waals surface area contributed by atoms with E-state index in [2.05, 4.69) is 4.74 Å². The van der Waals surface area contributed by atoms with E-state index in [1.54, 1.807) is 0 Å². The number of halogens is 3. The fraction of sp³-hybridized carbons (Fsp3) is 0.455. The van der Waals surface area contributed by atoms with Crippen molar-refractivity contribution in [1.82, 2.24) is 0 Å². The van der Waals surface area contributed by atoms with Gasteiger partial charge < -0.3 is 10.5 Å². The minimum absolute atomic E-state index is 0.163. The Morgan fingerprint density at radius 1 is 1.38 bits per heavy atom. The molecule has 0 aromatic heterocycles. The molecule has 0 spiro atoms. The van der Waals surface area contributed by atoms with Gasteiger partial charge in [0.05, 0.1) is 0 Å². The SMILES string of the molecule is NCC1(c2ccc(OC(F)F)cc2F)CC1.